The number of para-hydroxylation sites is 1. The van der Waals surface area contributed by atoms with Crippen LogP contribution < -0.4 is 4.90 Å². The third-order valence-electron chi connectivity index (χ3n) is 4.65. The zero-order chi connectivity index (χ0) is 18.6. The minimum Gasteiger partial charge on any atom is -0.337 e. The Kier molecular flexibility index (Phi) is 6.21. The predicted molar refractivity (Wildman–Crippen MR) is 98.3 cm³/mol. The topological polar surface area (TPSA) is 74.8 Å². The molecule has 1 aliphatic heterocycles. The van der Waals surface area contributed by atoms with E-state index >= 15 is 0 Å². The minimum atomic E-state index is -3.07. The van der Waals surface area contributed by atoms with Gasteiger partial charge in [0.05, 0.1) is 11.5 Å². The van der Waals surface area contributed by atoms with Crippen LogP contribution in [0.4, 0.5) is 5.69 Å². The van der Waals surface area contributed by atoms with Crippen molar-refractivity contribution in [2.45, 2.75) is 39.7 Å². The standard InChI is InChI=1S/C18H26N2O4S/c1-4-15-8-6-7-9-17(15)20(14(3)21)12-18(22)19(5-2)16-10-11-25(23,24)13-16/h6-9,16H,4-5,10-13H2,1-3H3. The largest absolute Gasteiger partial charge is 0.337 e. The molecule has 1 unspecified atom stereocenters. The first kappa shape index (κ1) is 19.4. The Labute approximate surface area is 149 Å². The van der Waals surface area contributed by atoms with Gasteiger partial charge < -0.3 is 9.80 Å². The molecule has 1 heterocycles. The van der Waals surface area contributed by atoms with Gasteiger partial charge in [0.1, 0.15) is 6.54 Å². The highest BCUT2D eigenvalue weighted by molar-refractivity contribution is 7.91. The summed E-state index contributed by atoms with van der Waals surface area (Å²) in [5.41, 5.74) is 1.73. The summed E-state index contributed by atoms with van der Waals surface area (Å²) >= 11 is 0. The summed E-state index contributed by atoms with van der Waals surface area (Å²) in [7, 11) is -3.07. The Hall–Kier alpha value is -1.89. The molecule has 1 saturated heterocycles. The highest BCUT2D eigenvalue weighted by Crippen LogP contribution is 2.23. The number of carbonyl (C=O) groups excluding carboxylic acids is 2. The lowest BCUT2D eigenvalue weighted by atomic mass is 10.1. The molecule has 138 valence electrons. The quantitative estimate of drug-likeness (QED) is 0.767. The summed E-state index contributed by atoms with van der Waals surface area (Å²) in [4.78, 5) is 28.0. The molecule has 0 N–H and O–H groups in total. The molecule has 0 spiro atoms. The number of sulfone groups is 1. The van der Waals surface area contributed by atoms with Crippen LogP contribution in [0.1, 0.15) is 32.8 Å². The van der Waals surface area contributed by atoms with Gasteiger partial charge in [0.25, 0.3) is 0 Å². The van der Waals surface area contributed by atoms with E-state index in [1.54, 1.807) is 4.90 Å². The number of hydrogen-bond acceptors (Lipinski definition) is 4. The summed E-state index contributed by atoms with van der Waals surface area (Å²) in [6.07, 6.45) is 1.22. The fourth-order valence-electron chi connectivity index (χ4n) is 3.32. The van der Waals surface area contributed by atoms with E-state index in [9.17, 15) is 18.0 Å². The van der Waals surface area contributed by atoms with Crippen LogP contribution in [0, 0.1) is 0 Å². The van der Waals surface area contributed by atoms with Gasteiger partial charge in [-0.15, -0.1) is 0 Å². The fraction of sp³-hybridized carbons (Fsp3) is 0.556. The zero-order valence-electron chi connectivity index (χ0n) is 15.1. The van der Waals surface area contributed by atoms with E-state index in [1.165, 1.54) is 11.8 Å². The lowest BCUT2D eigenvalue weighted by molar-refractivity contribution is -0.132. The Morgan fingerprint density at radius 1 is 1.20 bits per heavy atom. The van der Waals surface area contributed by atoms with Crippen molar-refractivity contribution in [3.05, 3.63) is 29.8 Å². The molecule has 0 radical (unpaired) electrons. The van der Waals surface area contributed by atoms with Crippen LogP contribution in [0.15, 0.2) is 24.3 Å². The van der Waals surface area contributed by atoms with E-state index in [4.69, 9.17) is 0 Å². The monoisotopic (exact) mass is 366 g/mol. The number of anilines is 1. The third kappa shape index (κ3) is 4.60. The number of benzene rings is 1. The van der Waals surface area contributed by atoms with Gasteiger partial charge in [-0.25, -0.2) is 8.42 Å². The van der Waals surface area contributed by atoms with Crippen molar-refractivity contribution in [3.63, 3.8) is 0 Å². The van der Waals surface area contributed by atoms with Crippen LogP contribution in [-0.4, -0.2) is 55.8 Å². The van der Waals surface area contributed by atoms with Crippen LogP contribution in [0.2, 0.25) is 0 Å². The Morgan fingerprint density at radius 2 is 1.88 bits per heavy atom. The minimum absolute atomic E-state index is 0.0121. The van der Waals surface area contributed by atoms with Gasteiger partial charge in [0.2, 0.25) is 11.8 Å². The molecule has 0 bridgehead atoms. The Balaban J connectivity index is 2.21. The van der Waals surface area contributed by atoms with Crippen molar-refractivity contribution in [3.8, 4) is 0 Å². The smallest absolute Gasteiger partial charge is 0.242 e. The van der Waals surface area contributed by atoms with Crippen LogP contribution in [0.25, 0.3) is 0 Å². The molecule has 2 amide bonds. The van der Waals surface area contributed by atoms with Crippen molar-refractivity contribution in [1.82, 2.24) is 4.90 Å². The highest BCUT2D eigenvalue weighted by atomic mass is 32.2. The number of carbonyl (C=O) groups is 2. The summed E-state index contributed by atoms with van der Waals surface area (Å²) < 4.78 is 23.4. The second kappa shape index (κ2) is 7.99. The summed E-state index contributed by atoms with van der Waals surface area (Å²) in [5.74, 6) is -0.288. The second-order valence-electron chi connectivity index (χ2n) is 6.32. The first-order valence-corrected chi connectivity index (χ1v) is 10.5. The van der Waals surface area contributed by atoms with Crippen molar-refractivity contribution in [2.24, 2.45) is 0 Å². The molecule has 1 atom stereocenters. The molecule has 0 aliphatic carbocycles. The van der Waals surface area contributed by atoms with Crippen LogP contribution >= 0.6 is 0 Å². The number of likely N-dealkylation sites (N-methyl/N-ethyl adjacent to an activating group) is 1. The van der Waals surface area contributed by atoms with Crippen molar-refractivity contribution >= 4 is 27.3 Å². The Morgan fingerprint density at radius 3 is 2.40 bits per heavy atom. The summed E-state index contributed by atoms with van der Waals surface area (Å²) in [6.45, 7) is 5.63. The van der Waals surface area contributed by atoms with Gasteiger partial charge >= 0.3 is 0 Å². The maximum absolute atomic E-state index is 12.8. The molecule has 6 nitrogen and oxygen atoms in total. The van der Waals surface area contributed by atoms with E-state index in [2.05, 4.69) is 0 Å². The molecular weight excluding hydrogens is 340 g/mol. The third-order valence-corrected chi connectivity index (χ3v) is 6.40. The predicted octanol–water partition coefficient (Wildman–Crippen LogP) is 1.64. The second-order valence-corrected chi connectivity index (χ2v) is 8.55. The molecule has 1 aromatic rings. The maximum Gasteiger partial charge on any atom is 0.242 e. The number of aryl methyl sites for hydroxylation is 1. The number of hydrogen-bond donors (Lipinski definition) is 0. The van der Waals surface area contributed by atoms with Crippen molar-refractivity contribution < 1.29 is 18.0 Å². The molecular formula is C18H26N2O4S. The SMILES string of the molecule is CCc1ccccc1N(CC(=O)N(CC)C1CCS(=O)(=O)C1)C(C)=O. The van der Waals surface area contributed by atoms with Crippen LogP contribution in [-0.2, 0) is 25.8 Å². The first-order valence-electron chi connectivity index (χ1n) is 8.65. The summed E-state index contributed by atoms with van der Waals surface area (Å²) in [5, 5.41) is 0. The van der Waals surface area contributed by atoms with Gasteiger partial charge in [-0.1, -0.05) is 25.1 Å². The van der Waals surface area contributed by atoms with Gasteiger partial charge in [0, 0.05) is 25.2 Å². The molecule has 25 heavy (non-hydrogen) atoms. The first-order chi connectivity index (χ1) is 11.8. The zero-order valence-corrected chi connectivity index (χ0v) is 15.9. The van der Waals surface area contributed by atoms with E-state index in [0.29, 0.717) is 13.0 Å². The molecule has 0 aromatic heterocycles. The Bertz CT molecular complexity index is 745. The van der Waals surface area contributed by atoms with E-state index in [1.807, 2.05) is 38.1 Å². The lowest BCUT2D eigenvalue weighted by Gasteiger charge is -2.30. The van der Waals surface area contributed by atoms with E-state index < -0.39 is 9.84 Å². The fourth-order valence-corrected chi connectivity index (χ4v) is 5.06. The molecule has 7 heteroatoms. The molecule has 2 rings (SSSR count). The molecule has 1 fully saturated rings. The van der Waals surface area contributed by atoms with Crippen molar-refractivity contribution in [2.75, 3.05) is 29.5 Å². The number of rotatable bonds is 6. The van der Waals surface area contributed by atoms with Gasteiger partial charge in [-0.3, -0.25) is 9.59 Å². The van der Waals surface area contributed by atoms with Gasteiger partial charge in [-0.2, -0.15) is 0 Å². The van der Waals surface area contributed by atoms with E-state index in [-0.39, 0.29) is 35.9 Å². The molecule has 1 aliphatic rings. The van der Waals surface area contributed by atoms with Crippen molar-refractivity contribution in [1.29, 1.82) is 0 Å². The van der Waals surface area contributed by atoms with E-state index in [0.717, 1.165) is 17.7 Å². The lowest BCUT2D eigenvalue weighted by Crippen LogP contribution is -2.47. The average Bonchev–Trinajstić information content (AvgIpc) is 2.92. The van der Waals surface area contributed by atoms with Gasteiger partial charge in [-0.05, 0) is 31.4 Å². The average molecular weight is 366 g/mol. The number of amides is 2. The molecule has 0 saturated carbocycles. The summed E-state index contributed by atoms with van der Waals surface area (Å²) in [6, 6.07) is 7.23. The van der Waals surface area contributed by atoms with Crippen LogP contribution in [0.3, 0.4) is 0 Å². The maximum atomic E-state index is 12.8. The normalized spacial score (nSPS) is 18.8. The van der Waals surface area contributed by atoms with Crippen LogP contribution in [0.5, 0.6) is 0 Å². The highest BCUT2D eigenvalue weighted by Gasteiger charge is 2.34. The number of nitrogens with zero attached hydrogens (tertiary/aromatic N) is 2. The van der Waals surface area contributed by atoms with Gasteiger partial charge in [0.15, 0.2) is 9.84 Å². The molecule has 1 aromatic carbocycles.